The quantitative estimate of drug-likeness (QED) is 0.870. The van der Waals surface area contributed by atoms with Gasteiger partial charge in [-0.25, -0.2) is 0 Å². The fraction of sp³-hybridized carbons (Fsp3) is 0.364. The van der Waals surface area contributed by atoms with Gasteiger partial charge in [-0.2, -0.15) is 10.2 Å². The summed E-state index contributed by atoms with van der Waals surface area (Å²) >= 11 is 3.34. The molecule has 0 fully saturated rings. The lowest BCUT2D eigenvalue weighted by Crippen LogP contribution is -2.13. The number of carbonyl (C=O) groups is 1. The smallest absolute Gasteiger partial charge is 0.217 e. The Kier molecular flexibility index (Phi) is 3.51. The molecule has 2 rings (SSSR count). The molecule has 2 aromatic rings. The third kappa shape index (κ3) is 2.05. The highest BCUT2D eigenvalue weighted by Crippen LogP contribution is 2.22. The van der Waals surface area contributed by atoms with Gasteiger partial charge in [-0.3, -0.25) is 14.2 Å². The largest absolute Gasteiger partial charge is 0.383 e. The normalized spacial score (nSPS) is 10.8. The van der Waals surface area contributed by atoms with Gasteiger partial charge in [0.25, 0.3) is 0 Å². The molecule has 2 heterocycles. The van der Waals surface area contributed by atoms with Crippen LogP contribution < -0.4 is 5.73 Å². The minimum atomic E-state index is -0.168. The summed E-state index contributed by atoms with van der Waals surface area (Å²) < 4.78 is 3.82. The molecule has 18 heavy (non-hydrogen) atoms. The number of carbonyl (C=O) groups excluding carboxylic acids is 1. The number of hydrogen-bond acceptors (Lipinski definition) is 4. The molecule has 2 aromatic heterocycles. The van der Waals surface area contributed by atoms with Gasteiger partial charge in [-0.15, -0.1) is 0 Å². The van der Waals surface area contributed by atoms with Crippen molar-refractivity contribution in [3.8, 4) is 0 Å². The Labute approximate surface area is 113 Å². The molecule has 96 valence electrons. The van der Waals surface area contributed by atoms with E-state index in [1.54, 1.807) is 17.9 Å². The molecule has 0 saturated heterocycles. The molecular formula is C11H14BrN5O. The predicted octanol–water partition coefficient (Wildman–Crippen LogP) is 1.60. The van der Waals surface area contributed by atoms with E-state index < -0.39 is 0 Å². The van der Waals surface area contributed by atoms with Crippen LogP contribution in [-0.4, -0.2) is 25.3 Å². The van der Waals surface area contributed by atoms with Crippen LogP contribution >= 0.6 is 15.9 Å². The van der Waals surface area contributed by atoms with E-state index >= 15 is 0 Å². The Balaban J connectivity index is 2.45. The molecular weight excluding hydrogens is 298 g/mol. The second kappa shape index (κ2) is 4.93. The molecule has 6 nitrogen and oxygen atoms in total. The minimum Gasteiger partial charge on any atom is -0.383 e. The van der Waals surface area contributed by atoms with Crippen molar-refractivity contribution in [2.24, 2.45) is 7.05 Å². The first-order valence-electron chi connectivity index (χ1n) is 5.59. The lowest BCUT2D eigenvalue weighted by atomic mass is 10.1. The summed E-state index contributed by atoms with van der Waals surface area (Å²) in [6.07, 6.45) is 4.00. The zero-order valence-corrected chi connectivity index (χ0v) is 11.8. The fourth-order valence-electron chi connectivity index (χ4n) is 1.72. The van der Waals surface area contributed by atoms with Gasteiger partial charge in [0.1, 0.15) is 11.5 Å². The maximum absolute atomic E-state index is 12.4. The molecule has 0 radical (unpaired) electrons. The highest BCUT2D eigenvalue weighted by atomic mass is 79.9. The van der Waals surface area contributed by atoms with E-state index in [9.17, 15) is 4.79 Å². The number of halogens is 1. The molecule has 0 aliphatic heterocycles. The Morgan fingerprint density at radius 1 is 1.44 bits per heavy atom. The molecule has 0 amide bonds. The molecule has 7 heteroatoms. The molecule has 0 aliphatic carbocycles. The fourth-order valence-corrected chi connectivity index (χ4v) is 2.20. The first-order valence-corrected chi connectivity index (χ1v) is 6.39. The monoisotopic (exact) mass is 311 g/mol. The van der Waals surface area contributed by atoms with Crippen LogP contribution in [0.2, 0.25) is 0 Å². The molecule has 2 N–H and O–H groups in total. The molecule has 0 bridgehead atoms. The standard InChI is InChI=1S/C11H14BrN5O/c1-3-4-17-9(8(12)6-15-17)10(18)7-5-14-16(2)11(7)13/h5-6H,3-4,13H2,1-2H3. The topological polar surface area (TPSA) is 78.7 Å². The van der Waals surface area contributed by atoms with E-state index in [0.29, 0.717) is 28.1 Å². The lowest BCUT2D eigenvalue weighted by Gasteiger charge is -2.05. The summed E-state index contributed by atoms with van der Waals surface area (Å²) in [7, 11) is 1.70. The maximum atomic E-state index is 12.4. The van der Waals surface area contributed by atoms with Crippen LogP contribution in [0.5, 0.6) is 0 Å². The van der Waals surface area contributed by atoms with E-state index in [4.69, 9.17) is 5.73 Å². The Morgan fingerprint density at radius 3 is 2.72 bits per heavy atom. The summed E-state index contributed by atoms with van der Waals surface area (Å²) in [6.45, 7) is 2.72. The first kappa shape index (κ1) is 12.8. The Hall–Kier alpha value is -1.63. The number of ketones is 1. The van der Waals surface area contributed by atoms with Crippen LogP contribution in [-0.2, 0) is 13.6 Å². The average molecular weight is 312 g/mol. The summed E-state index contributed by atoms with van der Waals surface area (Å²) in [4.78, 5) is 12.4. The van der Waals surface area contributed by atoms with Crippen molar-refractivity contribution in [3.05, 3.63) is 28.1 Å². The SMILES string of the molecule is CCCn1ncc(Br)c1C(=O)c1cnn(C)c1N. The number of hydrogen-bond donors (Lipinski definition) is 1. The predicted molar refractivity (Wildman–Crippen MR) is 71.3 cm³/mol. The summed E-state index contributed by atoms with van der Waals surface area (Å²) in [5, 5.41) is 8.15. The third-order valence-corrected chi connectivity index (χ3v) is 3.25. The van der Waals surface area contributed by atoms with E-state index in [1.165, 1.54) is 10.9 Å². The van der Waals surface area contributed by atoms with Crippen molar-refractivity contribution < 1.29 is 4.79 Å². The van der Waals surface area contributed by atoms with E-state index in [1.807, 2.05) is 6.92 Å². The van der Waals surface area contributed by atoms with Crippen molar-refractivity contribution in [2.75, 3.05) is 5.73 Å². The van der Waals surface area contributed by atoms with Gasteiger partial charge in [0, 0.05) is 13.6 Å². The number of anilines is 1. The number of aromatic nitrogens is 4. The van der Waals surface area contributed by atoms with Crippen LogP contribution in [0, 0.1) is 0 Å². The van der Waals surface area contributed by atoms with Gasteiger partial charge in [0.05, 0.1) is 22.4 Å². The highest BCUT2D eigenvalue weighted by Gasteiger charge is 2.22. The Bertz CT molecular complexity index is 586. The molecule has 0 saturated carbocycles. The zero-order valence-electron chi connectivity index (χ0n) is 10.2. The van der Waals surface area contributed by atoms with Crippen LogP contribution in [0.3, 0.4) is 0 Å². The van der Waals surface area contributed by atoms with Crippen molar-refractivity contribution in [2.45, 2.75) is 19.9 Å². The van der Waals surface area contributed by atoms with Crippen LogP contribution in [0.25, 0.3) is 0 Å². The van der Waals surface area contributed by atoms with Crippen LogP contribution in [0.15, 0.2) is 16.9 Å². The molecule has 0 spiro atoms. The van der Waals surface area contributed by atoms with E-state index in [-0.39, 0.29) is 5.78 Å². The average Bonchev–Trinajstić information content (AvgIpc) is 2.85. The molecule has 0 aromatic carbocycles. The van der Waals surface area contributed by atoms with Crippen molar-refractivity contribution in [1.82, 2.24) is 19.6 Å². The van der Waals surface area contributed by atoms with Crippen LogP contribution in [0.4, 0.5) is 5.82 Å². The van der Waals surface area contributed by atoms with Gasteiger partial charge in [0.15, 0.2) is 0 Å². The van der Waals surface area contributed by atoms with Crippen molar-refractivity contribution in [3.63, 3.8) is 0 Å². The maximum Gasteiger partial charge on any atom is 0.217 e. The second-order valence-electron chi connectivity index (χ2n) is 3.96. The number of nitrogens with two attached hydrogens (primary N) is 1. The van der Waals surface area contributed by atoms with Gasteiger partial charge < -0.3 is 5.73 Å². The molecule has 0 unspecified atom stereocenters. The van der Waals surface area contributed by atoms with Gasteiger partial charge >= 0.3 is 0 Å². The number of nitrogens with zero attached hydrogens (tertiary/aromatic N) is 4. The van der Waals surface area contributed by atoms with Gasteiger partial charge in [-0.1, -0.05) is 6.92 Å². The first-order chi connectivity index (χ1) is 8.56. The number of aryl methyl sites for hydroxylation is 2. The highest BCUT2D eigenvalue weighted by molar-refractivity contribution is 9.10. The van der Waals surface area contributed by atoms with Crippen molar-refractivity contribution in [1.29, 1.82) is 0 Å². The van der Waals surface area contributed by atoms with Crippen LogP contribution in [0.1, 0.15) is 29.4 Å². The molecule has 0 aliphatic rings. The summed E-state index contributed by atoms with van der Waals surface area (Å²) in [5.74, 6) is 0.189. The molecule has 0 atom stereocenters. The second-order valence-corrected chi connectivity index (χ2v) is 4.81. The summed E-state index contributed by atoms with van der Waals surface area (Å²) in [5.41, 5.74) is 6.73. The summed E-state index contributed by atoms with van der Waals surface area (Å²) in [6, 6.07) is 0. The minimum absolute atomic E-state index is 0.168. The zero-order chi connectivity index (χ0) is 13.3. The van der Waals surface area contributed by atoms with E-state index in [2.05, 4.69) is 26.1 Å². The lowest BCUT2D eigenvalue weighted by molar-refractivity contribution is 0.102. The number of nitrogen functional groups attached to an aromatic ring is 1. The number of rotatable bonds is 4. The van der Waals surface area contributed by atoms with Gasteiger partial charge in [-0.05, 0) is 22.4 Å². The van der Waals surface area contributed by atoms with Gasteiger partial charge in [0.2, 0.25) is 5.78 Å². The van der Waals surface area contributed by atoms with E-state index in [0.717, 1.165) is 6.42 Å². The Morgan fingerprint density at radius 2 is 2.17 bits per heavy atom. The van der Waals surface area contributed by atoms with Crippen molar-refractivity contribution >= 4 is 27.5 Å². The third-order valence-electron chi connectivity index (χ3n) is 2.67.